The number of halogens is 3. The van der Waals surface area contributed by atoms with Gasteiger partial charge in [0, 0.05) is 6.54 Å². The van der Waals surface area contributed by atoms with E-state index in [2.05, 4.69) is 10.1 Å². The van der Waals surface area contributed by atoms with Crippen LogP contribution < -0.4 is 5.32 Å². The number of nitrogens with one attached hydrogen (secondary N) is 1. The van der Waals surface area contributed by atoms with Gasteiger partial charge in [-0.05, 0) is 19.4 Å². The molecule has 14 heavy (non-hydrogen) atoms. The third-order valence-electron chi connectivity index (χ3n) is 1.95. The first-order chi connectivity index (χ1) is 6.58. The summed E-state index contributed by atoms with van der Waals surface area (Å²) < 4.78 is 43.4. The Bertz CT molecular complexity index is 157. The number of ether oxygens (including phenoxy) is 2. The zero-order chi connectivity index (χ0) is 10.4. The zero-order valence-electron chi connectivity index (χ0n) is 7.77. The molecule has 1 aliphatic heterocycles. The molecule has 84 valence electrons. The standard InChI is InChI=1S/C8H14F3NO2/c9-8(10,11)14-5-4-13-7-2-1-3-12-6-7/h7,12H,1-6H2/t7-/m0/s1. The highest BCUT2D eigenvalue weighted by molar-refractivity contribution is 4.68. The molecule has 1 aliphatic rings. The third-order valence-corrected chi connectivity index (χ3v) is 1.95. The third kappa shape index (κ3) is 5.41. The fourth-order valence-corrected chi connectivity index (χ4v) is 1.33. The van der Waals surface area contributed by atoms with Gasteiger partial charge in [0.25, 0.3) is 0 Å². The summed E-state index contributed by atoms with van der Waals surface area (Å²) in [5.41, 5.74) is 0. The lowest BCUT2D eigenvalue weighted by Gasteiger charge is -2.23. The topological polar surface area (TPSA) is 30.5 Å². The molecule has 1 atom stereocenters. The zero-order valence-corrected chi connectivity index (χ0v) is 7.77. The first kappa shape index (κ1) is 11.7. The maximum atomic E-state index is 11.5. The van der Waals surface area contributed by atoms with Crippen molar-refractivity contribution in [1.29, 1.82) is 0 Å². The van der Waals surface area contributed by atoms with Crippen molar-refractivity contribution in [3.05, 3.63) is 0 Å². The smallest absolute Gasteiger partial charge is 0.375 e. The van der Waals surface area contributed by atoms with E-state index in [1.54, 1.807) is 0 Å². The average Bonchev–Trinajstić information content (AvgIpc) is 2.13. The monoisotopic (exact) mass is 213 g/mol. The van der Waals surface area contributed by atoms with Crippen LogP contribution in [0.2, 0.25) is 0 Å². The van der Waals surface area contributed by atoms with Gasteiger partial charge in [0.15, 0.2) is 0 Å². The quantitative estimate of drug-likeness (QED) is 0.714. The van der Waals surface area contributed by atoms with Gasteiger partial charge in [0.2, 0.25) is 0 Å². The normalized spacial score (nSPS) is 23.8. The van der Waals surface area contributed by atoms with Crippen LogP contribution in [0.15, 0.2) is 0 Å². The second kappa shape index (κ2) is 5.53. The average molecular weight is 213 g/mol. The van der Waals surface area contributed by atoms with E-state index in [4.69, 9.17) is 4.74 Å². The second-order valence-corrected chi connectivity index (χ2v) is 3.13. The van der Waals surface area contributed by atoms with Crippen molar-refractivity contribution >= 4 is 0 Å². The van der Waals surface area contributed by atoms with Crippen LogP contribution in [0.5, 0.6) is 0 Å². The minimum absolute atomic E-state index is 0.00808. The highest BCUT2D eigenvalue weighted by atomic mass is 19.4. The van der Waals surface area contributed by atoms with Gasteiger partial charge >= 0.3 is 6.36 Å². The van der Waals surface area contributed by atoms with Crippen molar-refractivity contribution in [2.24, 2.45) is 0 Å². The Morgan fingerprint density at radius 1 is 1.29 bits per heavy atom. The molecule has 0 radical (unpaired) electrons. The molecule has 0 spiro atoms. The van der Waals surface area contributed by atoms with Gasteiger partial charge in [0.05, 0.1) is 19.3 Å². The van der Waals surface area contributed by atoms with Gasteiger partial charge < -0.3 is 10.1 Å². The molecule has 3 nitrogen and oxygen atoms in total. The molecule has 0 aromatic rings. The maximum absolute atomic E-state index is 11.5. The molecule has 1 fully saturated rings. The lowest BCUT2D eigenvalue weighted by molar-refractivity contribution is -0.327. The Hall–Kier alpha value is -0.330. The Balaban J connectivity index is 1.97. The van der Waals surface area contributed by atoms with Crippen molar-refractivity contribution < 1.29 is 22.6 Å². The predicted molar refractivity (Wildman–Crippen MR) is 43.9 cm³/mol. The Labute approximate surface area is 80.6 Å². The van der Waals surface area contributed by atoms with E-state index in [0.29, 0.717) is 6.54 Å². The number of alkyl halides is 3. The molecule has 0 aromatic carbocycles. The van der Waals surface area contributed by atoms with E-state index < -0.39 is 13.0 Å². The van der Waals surface area contributed by atoms with Crippen LogP contribution in [0, 0.1) is 0 Å². The van der Waals surface area contributed by atoms with Crippen molar-refractivity contribution in [3.63, 3.8) is 0 Å². The van der Waals surface area contributed by atoms with Gasteiger partial charge in [-0.15, -0.1) is 13.2 Å². The Morgan fingerprint density at radius 2 is 2.07 bits per heavy atom. The van der Waals surface area contributed by atoms with Gasteiger partial charge in [-0.2, -0.15) is 0 Å². The number of rotatable bonds is 4. The highest BCUT2D eigenvalue weighted by Crippen LogP contribution is 2.15. The first-order valence-corrected chi connectivity index (χ1v) is 4.61. The summed E-state index contributed by atoms with van der Waals surface area (Å²) in [4.78, 5) is 0. The van der Waals surface area contributed by atoms with Crippen molar-refractivity contribution in [3.8, 4) is 0 Å². The Kier molecular flexibility index (Phi) is 4.64. The van der Waals surface area contributed by atoms with Gasteiger partial charge in [-0.1, -0.05) is 0 Å². The molecule has 1 N–H and O–H groups in total. The van der Waals surface area contributed by atoms with E-state index in [9.17, 15) is 13.2 Å². The van der Waals surface area contributed by atoms with E-state index in [-0.39, 0.29) is 12.7 Å². The van der Waals surface area contributed by atoms with E-state index in [1.807, 2.05) is 0 Å². The summed E-state index contributed by atoms with van der Waals surface area (Å²) in [6.45, 7) is 1.23. The van der Waals surface area contributed by atoms with Crippen LogP contribution in [-0.4, -0.2) is 38.8 Å². The summed E-state index contributed by atoms with van der Waals surface area (Å²) in [5, 5.41) is 3.10. The van der Waals surface area contributed by atoms with Crippen molar-refractivity contribution in [2.45, 2.75) is 25.3 Å². The minimum atomic E-state index is -4.55. The largest absolute Gasteiger partial charge is 0.522 e. The van der Waals surface area contributed by atoms with Crippen molar-refractivity contribution in [1.82, 2.24) is 5.32 Å². The molecule has 0 aromatic heterocycles. The number of hydrogen-bond donors (Lipinski definition) is 1. The molecule has 0 bridgehead atoms. The van der Waals surface area contributed by atoms with Crippen molar-refractivity contribution in [2.75, 3.05) is 26.3 Å². The summed E-state index contributed by atoms with van der Waals surface area (Å²) in [5.74, 6) is 0. The summed E-state index contributed by atoms with van der Waals surface area (Å²) in [7, 11) is 0. The minimum Gasteiger partial charge on any atom is -0.375 e. The molecular formula is C8H14F3NO2. The predicted octanol–water partition coefficient (Wildman–Crippen LogP) is 1.29. The van der Waals surface area contributed by atoms with E-state index >= 15 is 0 Å². The fourth-order valence-electron chi connectivity index (χ4n) is 1.33. The van der Waals surface area contributed by atoms with Crippen LogP contribution in [0.3, 0.4) is 0 Å². The molecule has 6 heteroatoms. The van der Waals surface area contributed by atoms with Crippen LogP contribution in [0.25, 0.3) is 0 Å². The molecular weight excluding hydrogens is 199 g/mol. The number of piperidine rings is 1. The maximum Gasteiger partial charge on any atom is 0.522 e. The molecule has 0 amide bonds. The van der Waals surface area contributed by atoms with E-state index in [1.165, 1.54) is 0 Å². The van der Waals surface area contributed by atoms with Crippen LogP contribution in [0.1, 0.15) is 12.8 Å². The summed E-state index contributed by atoms with van der Waals surface area (Å²) in [6.07, 6.45) is -2.61. The lowest BCUT2D eigenvalue weighted by atomic mass is 10.1. The molecule has 1 saturated heterocycles. The highest BCUT2D eigenvalue weighted by Gasteiger charge is 2.28. The van der Waals surface area contributed by atoms with Crippen LogP contribution in [0.4, 0.5) is 13.2 Å². The molecule has 1 rings (SSSR count). The molecule has 0 aliphatic carbocycles. The Morgan fingerprint density at radius 3 is 2.64 bits per heavy atom. The number of hydrogen-bond acceptors (Lipinski definition) is 3. The first-order valence-electron chi connectivity index (χ1n) is 4.61. The molecule has 1 heterocycles. The summed E-state index contributed by atoms with van der Waals surface area (Å²) in [6, 6.07) is 0. The molecule has 0 unspecified atom stereocenters. The van der Waals surface area contributed by atoms with Gasteiger partial charge in [0.1, 0.15) is 0 Å². The summed E-state index contributed by atoms with van der Waals surface area (Å²) >= 11 is 0. The van der Waals surface area contributed by atoms with Crippen LogP contribution >= 0.6 is 0 Å². The van der Waals surface area contributed by atoms with Gasteiger partial charge in [-0.3, -0.25) is 4.74 Å². The second-order valence-electron chi connectivity index (χ2n) is 3.13. The SMILES string of the molecule is FC(F)(F)OCCO[C@H]1CCCNC1. The fraction of sp³-hybridized carbons (Fsp3) is 1.00. The van der Waals surface area contributed by atoms with Gasteiger partial charge in [-0.25, -0.2) is 0 Å². The lowest BCUT2D eigenvalue weighted by Crippen LogP contribution is -2.36. The van der Waals surface area contributed by atoms with Crippen LogP contribution in [-0.2, 0) is 9.47 Å². The molecule has 0 saturated carbocycles. The van der Waals surface area contributed by atoms with E-state index in [0.717, 1.165) is 19.4 Å².